The molecule has 5 N–H and O–H groups in total. The van der Waals surface area contributed by atoms with Crippen molar-refractivity contribution in [2.24, 2.45) is 0 Å². The largest absolute Gasteiger partial charge is 0.399 e. The van der Waals surface area contributed by atoms with Crippen molar-refractivity contribution in [1.82, 2.24) is 4.98 Å². The van der Waals surface area contributed by atoms with Gasteiger partial charge in [0.15, 0.2) is 0 Å². The number of rotatable bonds is 3. The fourth-order valence-electron chi connectivity index (χ4n) is 3.05. The molecular formula is C20H17N3O2S. The van der Waals surface area contributed by atoms with Crippen molar-refractivity contribution in [3.05, 3.63) is 72.8 Å². The number of hydrogen-bond donors (Lipinski definition) is 3. The molecule has 1 aromatic heterocycles. The molecule has 4 aromatic rings. The molecule has 6 heteroatoms. The van der Waals surface area contributed by atoms with Crippen LogP contribution in [0.4, 0.5) is 11.4 Å². The summed E-state index contributed by atoms with van der Waals surface area (Å²) < 4.78 is 26.5. The number of nitrogen functional groups attached to an aromatic ring is 2. The van der Waals surface area contributed by atoms with Crippen LogP contribution in [0.25, 0.3) is 22.0 Å². The van der Waals surface area contributed by atoms with Gasteiger partial charge < -0.3 is 16.5 Å². The maximum Gasteiger partial charge on any atom is 0.222 e. The summed E-state index contributed by atoms with van der Waals surface area (Å²) in [5.41, 5.74) is 14.9. The molecule has 130 valence electrons. The lowest BCUT2D eigenvalue weighted by atomic mass is 10.0. The summed E-state index contributed by atoms with van der Waals surface area (Å²) in [6.07, 6.45) is 0. The standard InChI is InChI=1S/C20H17N3O2S/c21-14-8-6-13(7-9-14)19-17-11-10-15(22)12-18(17)23-20(19)26(24,25)16-4-2-1-3-5-16/h1-12,23H,21-22H2. The van der Waals surface area contributed by atoms with Gasteiger partial charge in [-0.05, 0) is 42.0 Å². The highest BCUT2D eigenvalue weighted by molar-refractivity contribution is 7.91. The third-order valence-electron chi connectivity index (χ3n) is 4.31. The molecule has 0 saturated carbocycles. The van der Waals surface area contributed by atoms with E-state index in [9.17, 15) is 8.42 Å². The Hall–Kier alpha value is -3.25. The number of hydrogen-bond acceptors (Lipinski definition) is 4. The van der Waals surface area contributed by atoms with Crippen molar-refractivity contribution in [3.8, 4) is 11.1 Å². The summed E-state index contributed by atoms with van der Waals surface area (Å²) in [6, 6.07) is 20.8. The molecule has 1 heterocycles. The number of H-pyrrole nitrogens is 1. The minimum absolute atomic E-state index is 0.147. The van der Waals surface area contributed by atoms with Crippen LogP contribution >= 0.6 is 0 Å². The Morgan fingerprint density at radius 1 is 0.769 bits per heavy atom. The van der Waals surface area contributed by atoms with Crippen LogP contribution in [0.5, 0.6) is 0 Å². The van der Waals surface area contributed by atoms with Gasteiger partial charge in [0, 0.05) is 27.8 Å². The molecule has 0 bridgehead atoms. The zero-order valence-corrected chi connectivity index (χ0v) is 14.6. The lowest BCUT2D eigenvalue weighted by Gasteiger charge is -2.07. The number of nitrogens with one attached hydrogen (secondary N) is 1. The second kappa shape index (κ2) is 5.93. The van der Waals surface area contributed by atoms with E-state index < -0.39 is 9.84 Å². The van der Waals surface area contributed by atoms with E-state index in [-0.39, 0.29) is 9.92 Å². The predicted molar refractivity (Wildman–Crippen MR) is 104 cm³/mol. The fourth-order valence-corrected chi connectivity index (χ4v) is 4.54. The molecule has 0 saturated heterocycles. The van der Waals surface area contributed by atoms with Crippen molar-refractivity contribution in [1.29, 1.82) is 0 Å². The quantitative estimate of drug-likeness (QED) is 0.481. The lowest BCUT2D eigenvalue weighted by Crippen LogP contribution is -2.04. The van der Waals surface area contributed by atoms with E-state index in [1.54, 1.807) is 54.6 Å². The second-order valence-corrected chi connectivity index (χ2v) is 7.96. The van der Waals surface area contributed by atoms with Crippen molar-refractivity contribution in [3.63, 3.8) is 0 Å². The SMILES string of the molecule is Nc1ccc(-c2c(S(=O)(=O)c3ccccc3)[nH]c3cc(N)ccc23)cc1. The molecule has 0 amide bonds. The van der Waals surface area contributed by atoms with E-state index in [1.165, 1.54) is 0 Å². The topological polar surface area (TPSA) is 102 Å². The van der Waals surface area contributed by atoms with E-state index in [2.05, 4.69) is 4.98 Å². The summed E-state index contributed by atoms with van der Waals surface area (Å²) in [5.74, 6) is 0. The first-order chi connectivity index (χ1) is 12.5. The van der Waals surface area contributed by atoms with Gasteiger partial charge in [0.2, 0.25) is 9.84 Å². The van der Waals surface area contributed by atoms with Gasteiger partial charge in [-0.2, -0.15) is 0 Å². The number of benzene rings is 3. The molecule has 5 nitrogen and oxygen atoms in total. The van der Waals surface area contributed by atoms with Crippen LogP contribution in [0.15, 0.2) is 82.7 Å². The van der Waals surface area contributed by atoms with E-state index in [0.717, 1.165) is 10.9 Å². The van der Waals surface area contributed by atoms with Crippen LogP contribution in [0.1, 0.15) is 0 Å². The Kier molecular flexibility index (Phi) is 3.70. The molecule has 0 spiro atoms. The Balaban J connectivity index is 2.06. The van der Waals surface area contributed by atoms with Gasteiger partial charge in [0.05, 0.1) is 4.90 Å². The van der Waals surface area contributed by atoms with Gasteiger partial charge in [0.25, 0.3) is 0 Å². The minimum Gasteiger partial charge on any atom is -0.399 e. The minimum atomic E-state index is -3.73. The van der Waals surface area contributed by atoms with E-state index >= 15 is 0 Å². The molecule has 26 heavy (non-hydrogen) atoms. The van der Waals surface area contributed by atoms with Crippen LogP contribution in [-0.4, -0.2) is 13.4 Å². The highest BCUT2D eigenvalue weighted by atomic mass is 32.2. The monoisotopic (exact) mass is 363 g/mol. The number of sulfone groups is 1. The Morgan fingerprint density at radius 3 is 2.12 bits per heavy atom. The zero-order valence-electron chi connectivity index (χ0n) is 13.8. The number of aromatic amines is 1. The average molecular weight is 363 g/mol. The third-order valence-corrected chi connectivity index (χ3v) is 6.05. The van der Waals surface area contributed by atoms with Crippen molar-refractivity contribution >= 4 is 32.1 Å². The number of fused-ring (bicyclic) bond motifs is 1. The maximum atomic E-state index is 13.3. The van der Waals surface area contributed by atoms with Crippen LogP contribution < -0.4 is 11.5 Å². The maximum absolute atomic E-state index is 13.3. The Bertz CT molecular complexity index is 1200. The molecule has 0 radical (unpaired) electrons. The first-order valence-corrected chi connectivity index (χ1v) is 9.52. The molecule has 0 aliphatic carbocycles. The van der Waals surface area contributed by atoms with E-state index in [4.69, 9.17) is 11.5 Å². The normalized spacial score (nSPS) is 11.7. The highest BCUT2D eigenvalue weighted by Gasteiger charge is 2.26. The molecule has 3 aromatic carbocycles. The highest BCUT2D eigenvalue weighted by Crippen LogP contribution is 2.38. The Morgan fingerprint density at radius 2 is 1.42 bits per heavy atom. The van der Waals surface area contributed by atoms with Gasteiger partial charge >= 0.3 is 0 Å². The smallest absolute Gasteiger partial charge is 0.222 e. The lowest BCUT2D eigenvalue weighted by molar-refractivity contribution is 0.593. The van der Waals surface area contributed by atoms with Gasteiger partial charge in [0.1, 0.15) is 5.03 Å². The van der Waals surface area contributed by atoms with E-state index in [1.807, 2.05) is 18.2 Å². The first-order valence-electron chi connectivity index (χ1n) is 8.04. The van der Waals surface area contributed by atoms with E-state index in [0.29, 0.717) is 22.5 Å². The molecule has 0 aliphatic rings. The zero-order chi connectivity index (χ0) is 18.3. The number of aromatic nitrogens is 1. The fraction of sp³-hybridized carbons (Fsp3) is 0. The van der Waals surface area contributed by atoms with Crippen LogP contribution in [0.3, 0.4) is 0 Å². The van der Waals surface area contributed by atoms with Gasteiger partial charge in [-0.15, -0.1) is 0 Å². The average Bonchev–Trinajstić information content (AvgIpc) is 3.02. The number of nitrogens with two attached hydrogens (primary N) is 2. The van der Waals surface area contributed by atoms with Crippen molar-refractivity contribution in [2.45, 2.75) is 9.92 Å². The molecular weight excluding hydrogens is 346 g/mol. The summed E-state index contributed by atoms with van der Waals surface area (Å²) in [5, 5.41) is 0.938. The molecule has 0 aliphatic heterocycles. The van der Waals surface area contributed by atoms with Crippen LogP contribution in [0.2, 0.25) is 0 Å². The van der Waals surface area contributed by atoms with Gasteiger partial charge in [-0.1, -0.05) is 36.4 Å². The van der Waals surface area contributed by atoms with Gasteiger partial charge in [-0.3, -0.25) is 0 Å². The molecule has 0 atom stereocenters. The molecule has 0 fully saturated rings. The van der Waals surface area contributed by atoms with Crippen LogP contribution in [-0.2, 0) is 9.84 Å². The van der Waals surface area contributed by atoms with Crippen LogP contribution in [0, 0.1) is 0 Å². The molecule has 4 rings (SSSR count). The third kappa shape index (κ3) is 2.60. The number of anilines is 2. The van der Waals surface area contributed by atoms with Crippen molar-refractivity contribution in [2.75, 3.05) is 11.5 Å². The first kappa shape index (κ1) is 16.2. The second-order valence-electron chi connectivity index (χ2n) is 6.07. The Labute approximate surface area is 151 Å². The van der Waals surface area contributed by atoms with Gasteiger partial charge in [-0.25, -0.2) is 8.42 Å². The summed E-state index contributed by atoms with van der Waals surface area (Å²) >= 11 is 0. The van der Waals surface area contributed by atoms with Crippen molar-refractivity contribution < 1.29 is 8.42 Å². The summed E-state index contributed by atoms with van der Waals surface area (Å²) in [7, 11) is -3.73. The predicted octanol–water partition coefficient (Wildman–Crippen LogP) is 3.83. The summed E-state index contributed by atoms with van der Waals surface area (Å²) in [6.45, 7) is 0. The molecule has 0 unspecified atom stereocenters. The summed E-state index contributed by atoms with van der Waals surface area (Å²) in [4.78, 5) is 3.29.